The number of aliphatic hydroxyl groups excluding tert-OH is 1. The summed E-state index contributed by atoms with van der Waals surface area (Å²) in [5, 5.41) is 18.5. The number of carbonyl (C=O) groups excluding carboxylic acids is 1. The molecule has 1 aromatic carbocycles. The Morgan fingerprint density at radius 3 is 2.68 bits per heavy atom. The third-order valence-electron chi connectivity index (χ3n) is 8.01. The zero-order valence-corrected chi connectivity index (χ0v) is 24.5. The number of anilines is 3. The second-order valence-electron chi connectivity index (χ2n) is 11.0. The number of piperazine rings is 1. The number of sulfonamides is 1. The minimum absolute atomic E-state index is 0.0339. The van der Waals surface area contributed by atoms with Crippen LogP contribution >= 0.6 is 11.6 Å². The van der Waals surface area contributed by atoms with Crippen molar-refractivity contribution in [3.8, 4) is 0 Å². The van der Waals surface area contributed by atoms with E-state index >= 15 is 0 Å². The molecule has 0 bridgehead atoms. The highest BCUT2D eigenvalue weighted by Crippen LogP contribution is 2.35. The summed E-state index contributed by atoms with van der Waals surface area (Å²) in [6.45, 7) is 4.63. The van der Waals surface area contributed by atoms with Gasteiger partial charge in [-0.05, 0) is 43.9 Å². The zero-order chi connectivity index (χ0) is 28.7. The summed E-state index contributed by atoms with van der Waals surface area (Å²) in [7, 11) is -3.61. The number of benzene rings is 1. The zero-order valence-electron chi connectivity index (χ0n) is 23.0. The Hall–Kier alpha value is -3.13. The third kappa shape index (κ3) is 5.81. The molecule has 3 fully saturated rings. The van der Waals surface area contributed by atoms with E-state index in [0.29, 0.717) is 23.8 Å². The Kier molecular flexibility index (Phi) is 7.70. The van der Waals surface area contributed by atoms with Crippen LogP contribution in [0.5, 0.6) is 0 Å². The number of likely N-dealkylation sites (tertiary alicyclic amines) is 1. The summed E-state index contributed by atoms with van der Waals surface area (Å²) < 4.78 is 28.3. The van der Waals surface area contributed by atoms with Crippen molar-refractivity contribution in [3.63, 3.8) is 0 Å². The molecule has 3 aliphatic rings. The summed E-state index contributed by atoms with van der Waals surface area (Å²) in [5.74, 6) is 1.50. The van der Waals surface area contributed by atoms with Crippen molar-refractivity contribution in [2.75, 3.05) is 66.7 Å². The summed E-state index contributed by atoms with van der Waals surface area (Å²) in [6, 6.07) is 8.27. The molecule has 3 saturated heterocycles. The molecular weight excluding hydrogens is 568 g/mol. The number of amides is 1. The predicted octanol–water partition coefficient (Wildman–Crippen LogP) is 2.10. The predicted molar refractivity (Wildman–Crippen MR) is 158 cm³/mol. The number of fused-ring (bicyclic) bond motifs is 1. The first kappa shape index (κ1) is 28.0. The smallest absolute Gasteiger partial charge is 0.256 e. The van der Waals surface area contributed by atoms with E-state index in [1.54, 1.807) is 11.0 Å². The van der Waals surface area contributed by atoms with Crippen molar-refractivity contribution in [1.29, 1.82) is 0 Å². The van der Waals surface area contributed by atoms with E-state index in [2.05, 4.69) is 25.9 Å². The number of hydrogen-bond donors (Lipinski definition) is 3. The van der Waals surface area contributed by atoms with E-state index in [4.69, 9.17) is 21.7 Å². The molecule has 0 aliphatic carbocycles. The van der Waals surface area contributed by atoms with Crippen LogP contribution < -0.4 is 19.8 Å². The van der Waals surface area contributed by atoms with Gasteiger partial charge in [0, 0.05) is 62.5 Å². The Balaban J connectivity index is 1.38. The second-order valence-corrected chi connectivity index (χ2v) is 13.2. The fourth-order valence-corrected chi connectivity index (χ4v) is 6.58. The van der Waals surface area contributed by atoms with Crippen molar-refractivity contribution in [2.24, 2.45) is 0 Å². The van der Waals surface area contributed by atoms with Gasteiger partial charge in [-0.1, -0.05) is 11.6 Å². The maximum atomic E-state index is 14.0. The van der Waals surface area contributed by atoms with Gasteiger partial charge < -0.3 is 25.1 Å². The molecule has 12 nitrogen and oxygen atoms in total. The largest absolute Gasteiger partial charge is 0.395 e. The fraction of sp³-hybridized carbons (Fsp3) is 0.519. The standard InChI is InChI=1S/C27H35ClN8O4S/c1-41(39,40)32-21-7-6-18(28)13-20(21)27(38)35-11-3-2-5-23(35)22-14-25-30-24(33-9-4-10-33)15-26(36(25)31-22)34-12-8-29-19(16-34)17-37/h6-7,13-15,19,23,29,32,37H,2-5,8-12,16-17H2,1H3/t19-,23-/m1/s1. The lowest BCUT2D eigenvalue weighted by atomic mass is 9.98. The van der Waals surface area contributed by atoms with Crippen LogP contribution in [0.3, 0.4) is 0 Å². The summed E-state index contributed by atoms with van der Waals surface area (Å²) in [4.78, 5) is 25.1. The normalized spacial score (nSPS) is 21.7. The molecule has 0 unspecified atom stereocenters. The average Bonchev–Trinajstić information content (AvgIpc) is 3.36. The Morgan fingerprint density at radius 1 is 1.12 bits per heavy atom. The van der Waals surface area contributed by atoms with E-state index in [0.717, 1.165) is 75.4 Å². The van der Waals surface area contributed by atoms with Crippen molar-refractivity contribution >= 4 is 50.5 Å². The molecule has 1 amide bonds. The molecule has 2 atom stereocenters. The molecule has 6 rings (SSSR count). The number of carbonyl (C=O) groups is 1. The van der Waals surface area contributed by atoms with Crippen molar-refractivity contribution in [1.82, 2.24) is 24.8 Å². The molecule has 2 aromatic heterocycles. The first-order valence-electron chi connectivity index (χ1n) is 14.0. The van der Waals surface area contributed by atoms with E-state index in [9.17, 15) is 18.3 Å². The van der Waals surface area contributed by atoms with Crippen LogP contribution in [0, 0.1) is 0 Å². The van der Waals surface area contributed by atoms with Gasteiger partial charge in [0.05, 0.1) is 35.8 Å². The first-order valence-corrected chi connectivity index (χ1v) is 16.3. The molecule has 3 aliphatic heterocycles. The van der Waals surface area contributed by atoms with E-state index < -0.39 is 10.0 Å². The number of halogens is 1. The number of hydrogen-bond acceptors (Lipinski definition) is 9. The van der Waals surface area contributed by atoms with Crippen LogP contribution in [0.4, 0.5) is 17.3 Å². The summed E-state index contributed by atoms with van der Waals surface area (Å²) in [5.41, 5.74) is 1.84. The number of nitrogens with one attached hydrogen (secondary N) is 2. The molecule has 220 valence electrons. The highest BCUT2D eigenvalue weighted by molar-refractivity contribution is 7.92. The molecule has 14 heteroatoms. The van der Waals surface area contributed by atoms with Gasteiger partial charge in [-0.15, -0.1) is 0 Å². The van der Waals surface area contributed by atoms with E-state index in [1.165, 1.54) is 12.1 Å². The number of rotatable bonds is 7. The average molecular weight is 603 g/mol. The van der Waals surface area contributed by atoms with Crippen LogP contribution in [-0.2, 0) is 10.0 Å². The van der Waals surface area contributed by atoms with Gasteiger partial charge in [0.25, 0.3) is 5.91 Å². The molecule has 41 heavy (non-hydrogen) atoms. The molecule has 3 aromatic rings. The highest BCUT2D eigenvalue weighted by atomic mass is 35.5. The Bertz CT molecular complexity index is 1560. The maximum absolute atomic E-state index is 14.0. The van der Waals surface area contributed by atoms with Crippen molar-refractivity contribution in [3.05, 3.63) is 46.6 Å². The molecule has 5 heterocycles. The van der Waals surface area contributed by atoms with E-state index in [1.807, 2.05) is 10.6 Å². The van der Waals surface area contributed by atoms with Crippen molar-refractivity contribution in [2.45, 2.75) is 37.8 Å². The highest BCUT2D eigenvalue weighted by Gasteiger charge is 2.33. The lowest BCUT2D eigenvalue weighted by molar-refractivity contribution is 0.0607. The van der Waals surface area contributed by atoms with Gasteiger partial charge in [0.2, 0.25) is 10.0 Å². The molecule has 0 radical (unpaired) electrons. The van der Waals surface area contributed by atoms with Gasteiger partial charge in [-0.25, -0.2) is 13.4 Å². The minimum Gasteiger partial charge on any atom is -0.395 e. The van der Waals surface area contributed by atoms with Gasteiger partial charge in [-0.3, -0.25) is 9.52 Å². The van der Waals surface area contributed by atoms with Crippen LogP contribution in [0.1, 0.15) is 47.8 Å². The monoisotopic (exact) mass is 602 g/mol. The summed E-state index contributed by atoms with van der Waals surface area (Å²) >= 11 is 6.25. The van der Waals surface area contributed by atoms with Crippen LogP contribution in [0.2, 0.25) is 5.02 Å². The molecule has 3 N–H and O–H groups in total. The SMILES string of the molecule is CS(=O)(=O)Nc1ccc(Cl)cc1C(=O)N1CCCC[C@@H]1c1cc2nc(N3CCC3)cc(N3CCN[C@@H](CO)C3)n2n1. The topological polar surface area (TPSA) is 135 Å². The third-order valence-corrected chi connectivity index (χ3v) is 8.83. The Morgan fingerprint density at radius 2 is 1.95 bits per heavy atom. The quantitative estimate of drug-likeness (QED) is 0.371. The molecule has 0 saturated carbocycles. The molecule has 0 spiro atoms. The number of piperidine rings is 1. The fourth-order valence-electron chi connectivity index (χ4n) is 5.83. The first-order chi connectivity index (χ1) is 19.7. The van der Waals surface area contributed by atoms with Crippen LogP contribution in [0.15, 0.2) is 30.3 Å². The van der Waals surface area contributed by atoms with E-state index in [-0.39, 0.29) is 35.8 Å². The van der Waals surface area contributed by atoms with Gasteiger partial charge in [0.15, 0.2) is 5.65 Å². The number of aliphatic hydroxyl groups is 1. The van der Waals surface area contributed by atoms with Crippen molar-refractivity contribution < 1.29 is 18.3 Å². The maximum Gasteiger partial charge on any atom is 0.256 e. The second kappa shape index (κ2) is 11.3. The van der Waals surface area contributed by atoms with Crippen LogP contribution in [0.25, 0.3) is 5.65 Å². The summed E-state index contributed by atoms with van der Waals surface area (Å²) in [6.07, 6.45) is 4.67. The van der Waals surface area contributed by atoms with Crippen LogP contribution in [-0.4, -0.2) is 97.1 Å². The lowest BCUT2D eigenvalue weighted by Crippen LogP contribution is -2.53. The number of aromatic nitrogens is 3. The lowest BCUT2D eigenvalue weighted by Gasteiger charge is -2.36. The number of nitrogens with zero attached hydrogens (tertiary/aromatic N) is 6. The van der Waals surface area contributed by atoms with Gasteiger partial charge >= 0.3 is 0 Å². The van der Waals surface area contributed by atoms with Gasteiger partial charge in [-0.2, -0.15) is 9.61 Å². The minimum atomic E-state index is -3.61. The molecular formula is C27H35ClN8O4S. The van der Waals surface area contributed by atoms with Gasteiger partial charge in [0.1, 0.15) is 11.6 Å². The Labute approximate surface area is 244 Å².